The summed E-state index contributed by atoms with van der Waals surface area (Å²) in [6, 6.07) is 12.1. The number of amides is 1. The quantitative estimate of drug-likeness (QED) is 0.618. The number of hydrogen-bond acceptors (Lipinski definition) is 4. The number of imidazole rings is 1. The van der Waals surface area contributed by atoms with Gasteiger partial charge in [-0.2, -0.15) is 5.26 Å². The molecule has 0 fully saturated rings. The molecule has 0 spiro atoms. The van der Waals surface area contributed by atoms with Crippen LogP contribution in [0, 0.1) is 18.3 Å². The number of pyridine rings is 1. The summed E-state index contributed by atoms with van der Waals surface area (Å²) in [5.74, 6) is 0.482. The Hall–Kier alpha value is -2.52. The van der Waals surface area contributed by atoms with Crippen molar-refractivity contribution in [3.05, 3.63) is 41.5 Å². The minimum atomic E-state index is 0.114. The lowest BCUT2D eigenvalue weighted by Gasteiger charge is -2.17. The van der Waals surface area contributed by atoms with Gasteiger partial charge in [-0.15, -0.1) is 0 Å². The largest absolute Gasteiger partial charge is 0.345 e. The van der Waals surface area contributed by atoms with Crippen LogP contribution in [0.3, 0.4) is 0 Å². The van der Waals surface area contributed by atoms with E-state index in [4.69, 9.17) is 0 Å². The van der Waals surface area contributed by atoms with Gasteiger partial charge in [0, 0.05) is 13.6 Å². The highest BCUT2D eigenvalue weighted by atomic mass is 32.2. The summed E-state index contributed by atoms with van der Waals surface area (Å²) in [5.41, 5.74) is 3.92. The van der Waals surface area contributed by atoms with E-state index in [0.29, 0.717) is 17.0 Å². The van der Waals surface area contributed by atoms with E-state index in [2.05, 4.69) is 18.0 Å². The summed E-state index contributed by atoms with van der Waals surface area (Å²) in [7, 11) is 1.85. The number of carbonyl (C=O) groups excluding carboxylic acids is 1. The molecule has 1 aromatic carbocycles. The molecule has 0 aliphatic carbocycles. The molecule has 2 aromatic heterocycles. The predicted octanol–water partition coefficient (Wildman–Crippen LogP) is 4.02. The van der Waals surface area contributed by atoms with Crippen LogP contribution < -0.4 is 0 Å². The van der Waals surface area contributed by atoms with E-state index in [-0.39, 0.29) is 5.91 Å². The Labute approximate surface area is 157 Å². The van der Waals surface area contributed by atoms with Crippen LogP contribution in [0.1, 0.15) is 30.9 Å². The third-order valence-corrected chi connectivity index (χ3v) is 5.45. The Bertz CT molecular complexity index is 1000. The predicted molar refractivity (Wildman–Crippen MR) is 105 cm³/mol. The smallest absolute Gasteiger partial charge is 0.232 e. The summed E-state index contributed by atoms with van der Waals surface area (Å²) in [6.07, 6.45) is 2.08. The lowest BCUT2D eigenvalue weighted by atomic mass is 10.2. The number of nitriles is 1. The number of unbranched alkanes of at least 4 members (excludes halogenated alkanes) is 1. The fraction of sp³-hybridized carbons (Fsp3) is 0.350. The second-order valence-corrected chi connectivity index (χ2v) is 7.37. The highest BCUT2D eigenvalue weighted by Gasteiger charge is 2.17. The molecular formula is C20H22N4OS. The number of hydrogen-bond donors (Lipinski definition) is 0. The van der Waals surface area contributed by atoms with E-state index in [0.717, 1.165) is 41.0 Å². The number of nitrogens with zero attached hydrogens (tertiary/aromatic N) is 4. The molecule has 5 nitrogen and oxygen atoms in total. The molecule has 0 atom stereocenters. The SMILES string of the molecule is CCCCN(C)C(=O)CSc1cc(C)c(C#N)c2nc3ccccc3n12. The van der Waals surface area contributed by atoms with Gasteiger partial charge in [0.25, 0.3) is 0 Å². The second-order valence-electron chi connectivity index (χ2n) is 6.37. The van der Waals surface area contributed by atoms with Crippen LogP contribution in [0.15, 0.2) is 35.4 Å². The third-order valence-electron chi connectivity index (χ3n) is 4.47. The zero-order valence-electron chi connectivity index (χ0n) is 15.3. The average Bonchev–Trinajstić information content (AvgIpc) is 3.03. The maximum absolute atomic E-state index is 12.4. The van der Waals surface area contributed by atoms with Crippen molar-refractivity contribution in [3.63, 3.8) is 0 Å². The molecule has 26 heavy (non-hydrogen) atoms. The number of para-hydroxylation sites is 2. The first-order valence-electron chi connectivity index (χ1n) is 8.74. The highest BCUT2D eigenvalue weighted by Crippen LogP contribution is 2.29. The van der Waals surface area contributed by atoms with Gasteiger partial charge >= 0.3 is 0 Å². The Morgan fingerprint density at radius 3 is 2.88 bits per heavy atom. The number of benzene rings is 1. The standard InChI is InChI=1S/C20H22N4OS/c1-4-5-10-23(3)18(25)13-26-19-11-14(2)15(12-21)20-22-16-8-6-7-9-17(16)24(19)20/h6-9,11H,4-5,10,13H2,1-3H3. The van der Waals surface area contributed by atoms with Gasteiger partial charge in [0.05, 0.1) is 27.4 Å². The summed E-state index contributed by atoms with van der Waals surface area (Å²) < 4.78 is 1.99. The number of aromatic nitrogens is 2. The minimum absolute atomic E-state index is 0.114. The highest BCUT2D eigenvalue weighted by molar-refractivity contribution is 7.99. The number of thioether (sulfide) groups is 1. The molecular weight excluding hydrogens is 344 g/mol. The fourth-order valence-electron chi connectivity index (χ4n) is 2.93. The van der Waals surface area contributed by atoms with Crippen LogP contribution in [0.2, 0.25) is 0 Å². The van der Waals surface area contributed by atoms with Gasteiger partial charge in [-0.05, 0) is 37.1 Å². The first kappa shape index (κ1) is 18.3. The maximum atomic E-state index is 12.4. The van der Waals surface area contributed by atoms with Crippen molar-refractivity contribution in [2.45, 2.75) is 31.7 Å². The molecule has 0 N–H and O–H groups in total. The topological polar surface area (TPSA) is 61.4 Å². The summed E-state index contributed by atoms with van der Waals surface area (Å²) in [6.45, 7) is 4.82. The molecule has 0 saturated heterocycles. The van der Waals surface area contributed by atoms with E-state index in [1.807, 2.05) is 48.7 Å². The van der Waals surface area contributed by atoms with Crippen molar-refractivity contribution in [1.82, 2.24) is 14.3 Å². The first-order chi connectivity index (χ1) is 12.6. The monoisotopic (exact) mass is 366 g/mol. The van der Waals surface area contributed by atoms with Gasteiger partial charge in [-0.3, -0.25) is 9.20 Å². The third kappa shape index (κ3) is 3.40. The second kappa shape index (κ2) is 7.79. The molecule has 3 rings (SSSR count). The zero-order chi connectivity index (χ0) is 18.7. The maximum Gasteiger partial charge on any atom is 0.232 e. The van der Waals surface area contributed by atoms with Gasteiger partial charge in [0.15, 0.2) is 5.65 Å². The molecule has 0 unspecified atom stereocenters. The zero-order valence-corrected chi connectivity index (χ0v) is 16.1. The van der Waals surface area contributed by atoms with Crippen LogP contribution in [-0.2, 0) is 4.79 Å². The van der Waals surface area contributed by atoms with Gasteiger partial charge in [0.1, 0.15) is 6.07 Å². The van der Waals surface area contributed by atoms with E-state index < -0.39 is 0 Å². The summed E-state index contributed by atoms with van der Waals surface area (Å²) in [5, 5.41) is 10.5. The fourth-order valence-corrected chi connectivity index (χ4v) is 3.99. The molecule has 3 aromatic rings. The Morgan fingerprint density at radius 1 is 1.38 bits per heavy atom. The number of rotatable bonds is 6. The molecule has 0 radical (unpaired) electrons. The van der Waals surface area contributed by atoms with Crippen LogP contribution in [0.5, 0.6) is 0 Å². The average molecular weight is 366 g/mol. The van der Waals surface area contributed by atoms with Crippen molar-refractivity contribution in [2.24, 2.45) is 0 Å². The Morgan fingerprint density at radius 2 is 2.15 bits per heavy atom. The number of carbonyl (C=O) groups is 1. The van der Waals surface area contributed by atoms with E-state index in [1.54, 1.807) is 4.90 Å². The van der Waals surface area contributed by atoms with E-state index >= 15 is 0 Å². The molecule has 6 heteroatoms. The number of aryl methyl sites for hydroxylation is 1. The number of fused-ring (bicyclic) bond motifs is 3. The lowest BCUT2D eigenvalue weighted by molar-refractivity contribution is -0.127. The van der Waals surface area contributed by atoms with Crippen LogP contribution in [-0.4, -0.2) is 39.5 Å². The molecule has 0 aliphatic rings. The molecule has 0 aliphatic heterocycles. The molecule has 1 amide bonds. The minimum Gasteiger partial charge on any atom is -0.345 e. The van der Waals surface area contributed by atoms with Crippen molar-refractivity contribution >= 4 is 34.3 Å². The van der Waals surface area contributed by atoms with Crippen molar-refractivity contribution in [1.29, 1.82) is 5.26 Å². The van der Waals surface area contributed by atoms with Crippen molar-refractivity contribution in [3.8, 4) is 6.07 Å². The van der Waals surface area contributed by atoms with E-state index in [9.17, 15) is 10.1 Å². The van der Waals surface area contributed by atoms with Gasteiger partial charge in [-0.1, -0.05) is 37.2 Å². The Kier molecular flexibility index (Phi) is 5.48. The summed E-state index contributed by atoms with van der Waals surface area (Å²) in [4.78, 5) is 18.8. The molecule has 0 saturated carbocycles. The normalized spacial score (nSPS) is 11.0. The summed E-state index contributed by atoms with van der Waals surface area (Å²) >= 11 is 1.49. The Balaban J connectivity index is 1.98. The van der Waals surface area contributed by atoms with Crippen molar-refractivity contribution < 1.29 is 4.79 Å². The van der Waals surface area contributed by atoms with Crippen LogP contribution in [0.4, 0.5) is 0 Å². The van der Waals surface area contributed by atoms with Gasteiger partial charge in [0.2, 0.25) is 5.91 Å². The molecule has 0 bridgehead atoms. The lowest BCUT2D eigenvalue weighted by Crippen LogP contribution is -2.29. The van der Waals surface area contributed by atoms with E-state index in [1.165, 1.54) is 11.8 Å². The molecule has 134 valence electrons. The van der Waals surface area contributed by atoms with Gasteiger partial charge in [-0.25, -0.2) is 4.98 Å². The molecule has 2 heterocycles. The van der Waals surface area contributed by atoms with Crippen LogP contribution in [0.25, 0.3) is 16.7 Å². The van der Waals surface area contributed by atoms with Crippen molar-refractivity contribution in [2.75, 3.05) is 19.3 Å². The van der Waals surface area contributed by atoms with Crippen LogP contribution >= 0.6 is 11.8 Å². The van der Waals surface area contributed by atoms with Gasteiger partial charge < -0.3 is 4.90 Å². The first-order valence-corrected chi connectivity index (χ1v) is 9.73.